The van der Waals surface area contributed by atoms with E-state index in [0.717, 1.165) is 25.9 Å². The first kappa shape index (κ1) is 17.2. The Labute approximate surface area is 141 Å². The highest BCUT2D eigenvalue weighted by Crippen LogP contribution is 2.39. The molecule has 0 aromatic heterocycles. The molecule has 23 heavy (non-hydrogen) atoms. The summed E-state index contributed by atoms with van der Waals surface area (Å²) >= 11 is 0. The molecule has 2 saturated carbocycles. The highest BCUT2D eigenvalue weighted by molar-refractivity contribution is 5.82. The van der Waals surface area contributed by atoms with Crippen LogP contribution < -0.4 is 11.1 Å². The number of hydrogen-bond donors (Lipinski definition) is 2. The molecule has 0 aromatic carbocycles. The Hall–Kier alpha value is -0.610. The average Bonchev–Trinajstić information content (AvgIpc) is 2.49. The minimum absolute atomic E-state index is 0.0478. The molecule has 132 valence electrons. The lowest BCUT2D eigenvalue weighted by Crippen LogP contribution is -2.59. The van der Waals surface area contributed by atoms with E-state index in [1.54, 1.807) is 0 Å². The molecule has 2 aliphatic carbocycles. The molecule has 1 aliphatic heterocycles. The van der Waals surface area contributed by atoms with Crippen molar-refractivity contribution in [2.45, 2.75) is 83.3 Å². The van der Waals surface area contributed by atoms with Crippen LogP contribution in [0.25, 0.3) is 0 Å². The largest absolute Gasteiger partial charge is 0.351 e. The van der Waals surface area contributed by atoms with Gasteiger partial charge in [0.2, 0.25) is 5.91 Å². The topological polar surface area (TPSA) is 58.4 Å². The number of rotatable bonds is 4. The molecule has 4 heteroatoms. The van der Waals surface area contributed by atoms with Crippen molar-refractivity contribution < 1.29 is 4.79 Å². The third-order valence-corrected chi connectivity index (χ3v) is 6.37. The molecule has 3 fully saturated rings. The first-order valence-electron chi connectivity index (χ1n) is 9.86. The zero-order chi connectivity index (χ0) is 16.4. The standard InChI is InChI=1S/C19H35N3O/c1-13(2)18(22-9-4-3-5-10-22)19(23)21-17-14-7-6-8-15(17)12-16(20)11-14/h13-18H,3-12,20H2,1-2H3,(H,21,23). The Kier molecular flexibility index (Phi) is 5.63. The van der Waals surface area contributed by atoms with Crippen molar-refractivity contribution in [2.24, 2.45) is 23.5 Å². The molecule has 4 nitrogen and oxygen atoms in total. The average molecular weight is 322 g/mol. The Morgan fingerprint density at radius 1 is 1.04 bits per heavy atom. The Morgan fingerprint density at radius 3 is 2.22 bits per heavy atom. The Morgan fingerprint density at radius 2 is 1.65 bits per heavy atom. The van der Waals surface area contributed by atoms with Crippen LogP contribution in [-0.4, -0.2) is 42.0 Å². The summed E-state index contributed by atoms with van der Waals surface area (Å²) in [6, 6.07) is 0.773. The second kappa shape index (κ2) is 7.52. The van der Waals surface area contributed by atoms with Crippen molar-refractivity contribution >= 4 is 5.91 Å². The SMILES string of the molecule is CC(C)C(C(=O)NC1C2CCCC1CC(N)C2)N1CCCCC1. The summed E-state index contributed by atoms with van der Waals surface area (Å²) in [6.07, 6.45) is 9.77. The number of nitrogens with zero attached hydrogens (tertiary/aromatic N) is 1. The first-order chi connectivity index (χ1) is 11.1. The quantitative estimate of drug-likeness (QED) is 0.836. The lowest BCUT2D eigenvalue weighted by atomic mass is 9.67. The van der Waals surface area contributed by atoms with Crippen LogP contribution in [0.3, 0.4) is 0 Å². The van der Waals surface area contributed by atoms with Gasteiger partial charge in [0, 0.05) is 12.1 Å². The summed E-state index contributed by atoms with van der Waals surface area (Å²) in [4.78, 5) is 15.5. The molecule has 3 aliphatic rings. The van der Waals surface area contributed by atoms with E-state index in [0.29, 0.717) is 29.8 Å². The number of likely N-dealkylation sites (tertiary alicyclic amines) is 1. The zero-order valence-corrected chi connectivity index (χ0v) is 15.0. The fraction of sp³-hybridized carbons (Fsp3) is 0.947. The van der Waals surface area contributed by atoms with Crippen molar-refractivity contribution in [3.8, 4) is 0 Å². The number of carbonyl (C=O) groups excluding carboxylic acids is 1. The van der Waals surface area contributed by atoms with Crippen molar-refractivity contribution in [3.63, 3.8) is 0 Å². The second-order valence-corrected chi connectivity index (χ2v) is 8.50. The number of nitrogens with one attached hydrogen (secondary N) is 1. The molecular formula is C19H35N3O. The van der Waals surface area contributed by atoms with E-state index >= 15 is 0 Å². The zero-order valence-electron chi connectivity index (χ0n) is 15.0. The fourth-order valence-corrected chi connectivity index (χ4v) is 5.36. The fourth-order valence-electron chi connectivity index (χ4n) is 5.36. The Balaban J connectivity index is 1.66. The number of fused-ring (bicyclic) bond motifs is 2. The molecule has 0 spiro atoms. The van der Waals surface area contributed by atoms with Gasteiger partial charge in [0.05, 0.1) is 6.04 Å². The molecule has 2 bridgehead atoms. The third-order valence-electron chi connectivity index (χ3n) is 6.37. The molecule has 0 radical (unpaired) electrons. The van der Waals surface area contributed by atoms with Crippen LogP contribution in [0.2, 0.25) is 0 Å². The normalized spacial score (nSPS) is 36.7. The number of nitrogens with two attached hydrogens (primary N) is 1. The molecule has 1 heterocycles. The molecule has 0 aromatic rings. The van der Waals surface area contributed by atoms with Gasteiger partial charge in [0.15, 0.2) is 0 Å². The summed E-state index contributed by atoms with van der Waals surface area (Å²) in [5.41, 5.74) is 6.22. The number of hydrogen-bond acceptors (Lipinski definition) is 3. The van der Waals surface area contributed by atoms with Gasteiger partial charge >= 0.3 is 0 Å². The predicted molar refractivity (Wildman–Crippen MR) is 94.0 cm³/mol. The first-order valence-corrected chi connectivity index (χ1v) is 9.86. The van der Waals surface area contributed by atoms with Gasteiger partial charge in [-0.25, -0.2) is 0 Å². The Bertz CT molecular complexity index is 391. The maximum absolute atomic E-state index is 13.1. The van der Waals surface area contributed by atoms with Crippen molar-refractivity contribution in [1.82, 2.24) is 10.2 Å². The number of piperidine rings is 1. The van der Waals surface area contributed by atoms with E-state index in [-0.39, 0.29) is 11.9 Å². The van der Waals surface area contributed by atoms with Crippen LogP contribution in [0, 0.1) is 17.8 Å². The van der Waals surface area contributed by atoms with Crippen molar-refractivity contribution in [3.05, 3.63) is 0 Å². The molecular weight excluding hydrogens is 286 g/mol. The second-order valence-electron chi connectivity index (χ2n) is 8.50. The summed E-state index contributed by atoms with van der Waals surface area (Å²) in [6.45, 7) is 6.55. The van der Waals surface area contributed by atoms with E-state index in [1.807, 2.05) is 0 Å². The highest BCUT2D eigenvalue weighted by atomic mass is 16.2. The molecule has 3 atom stereocenters. The van der Waals surface area contributed by atoms with Gasteiger partial charge in [-0.15, -0.1) is 0 Å². The van der Waals surface area contributed by atoms with Gasteiger partial charge in [-0.3, -0.25) is 9.69 Å². The number of amides is 1. The predicted octanol–water partition coefficient (Wildman–Crippen LogP) is 2.52. The molecule has 3 rings (SSSR count). The van der Waals surface area contributed by atoms with E-state index < -0.39 is 0 Å². The summed E-state index contributed by atoms with van der Waals surface area (Å²) in [7, 11) is 0. The smallest absolute Gasteiger partial charge is 0.237 e. The van der Waals surface area contributed by atoms with E-state index in [4.69, 9.17) is 5.73 Å². The minimum Gasteiger partial charge on any atom is -0.351 e. The van der Waals surface area contributed by atoms with Gasteiger partial charge in [-0.05, 0) is 69.4 Å². The van der Waals surface area contributed by atoms with Crippen molar-refractivity contribution in [1.29, 1.82) is 0 Å². The van der Waals surface area contributed by atoms with Gasteiger partial charge < -0.3 is 11.1 Å². The molecule has 3 N–H and O–H groups in total. The highest BCUT2D eigenvalue weighted by Gasteiger charge is 2.41. The summed E-state index contributed by atoms with van der Waals surface area (Å²) in [5.74, 6) is 1.87. The van der Waals surface area contributed by atoms with Crippen molar-refractivity contribution in [2.75, 3.05) is 13.1 Å². The van der Waals surface area contributed by atoms with Crippen LogP contribution >= 0.6 is 0 Å². The van der Waals surface area contributed by atoms with Crippen LogP contribution in [0.4, 0.5) is 0 Å². The van der Waals surface area contributed by atoms with Crippen LogP contribution in [0.15, 0.2) is 0 Å². The summed E-state index contributed by atoms with van der Waals surface area (Å²) < 4.78 is 0. The lowest BCUT2D eigenvalue weighted by molar-refractivity contribution is -0.131. The van der Waals surface area contributed by atoms with E-state index in [9.17, 15) is 4.79 Å². The van der Waals surface area contributed by atoms with E-state index in [2.05, 4.69) is 24.1 Å². The molecule has 1 saturated heterocycles. The van der Waals surface area contributed by atoms with E-state index in [1.165, 1.54) is 38.5 Å². The van der Waals surface area contributed by atoms with Gasteiger partial charge in [-0.1, -0.05) is 26.7 Å². The van der Waals surface area contributed by atoms with Gasteiger partial charge in [-0.2, -0.15) is 0 Å². The minimum atomic E-state index is 0.0478. The van der Waals surface area contributed by atoms with Gasteiger partial charge in [0.25, 0.3) is 0 Å². The molecule has 3 unspecified atom stereocenters. The van der Waals surface area contributed by atoms with Crippen LogP contribution in [-0.2, 0) is 4.79 Å². The maximum atomic E-state index is 13.1. The lowest BCUT2D eigenvalue weighted by Gasteiger charge is -2.46. The van der Waals surface area contributed by atoms with Gasteiger partial charge in [0.1, 0.15) is 0 Å². The van der Waals surface area contributed by atoms with Crippen LogP contribution in [0.5, 0.6) is 0 Å². The monoisotopic (exact) mass is 321 g/mol. The number of carbonyl (C=O) groups is 1. The molecule has 1 amide bonds. The van der Waals surface area contributed by atoms with Crippen LogP contribution in [0.1, 0.15) is 65.2 Å². The third kappa shape index (κ3) is 3.90. The maximum Gasteiger partial charge on any atom is 0.237 e. The summed E-state index contributed by atoms with van der Waals surface area (Å²) in [5, 5.41) is 3.48.